The summed E-state index contributed by atoms with van der Waals surface area (Å²) in [5, 5.41) is 3.95. The molecule has 0 bridgehead atoms. The van der Waals surface area contributed by atoms with Crippen LogP contribution in [0.15, 0.2) is 17.5 Å². The molecule has 2 aromatic rings. The summed E-state index contributed by atoms with van der Waals surface area (Å²) in [5.74, 6) is 0.539. The summed E-state index contributed by atoms with van der Waals surface area (Å²) in [6.45, 7) is 2.14. The Morgan fingerprint density at radius 3 is 2.79 bits per heavy atom. The van der Waals surface area contributed by atoms with Crippen molar-refractivity contribution in [2.75, 3.05) is 0 Å². The average Bonchev–Trinajstić information content (AvgIpc) is 2.59. The third-order valence-electron chi connectivity index (χ3n) is 2.41. The van der Waals surface area contributed by atoms with Crippen molar-refractivity contribution in [2.24, 2.45) is 0 Å². The molecule has 0 saturated carbocycles. The van der Waals surface area contributed by atoms with Gasteiger partial charge in [-0.25, -0.2) is 0 Å². The molecule has 0 unspecified atom stereocenters. The highest BCUT2D eigenvalue weighted by atomic mass is 35.5. The quantitative estimate of drug-likeness (QED) is 0.663. The van der Waals surface area contributed by atoms with E-state index in [-0.39, 0.29) is 0 Å². The van der Waals surface area contributed by atoms with Gasteiger partial charge in [0.2, 0.25) is 0 Å². The molecule has 3 heteroatoms. The van der Waals surface area contributed by atoms with Gasteiger partial charge in [0.25, 0.3) is 0 Å². The van der Waals surface area contributed by atoms with Crippen molar-refractivity contribution in [1.29, 1.82) is 0 Å². The van der Waals surface area contributed by atoms with E-state index in [2.05, 4.69) is 19.1 Å². The number of hydrogen-bond donors (Lipinski definition) is 0. The zero-order valence-corrected chi connectivity index (χ0v) is 10.1. The molecule has 0 radical (unpaired) electrons. The van der Waals surface area contributed by atoms with Crippen LogP contribution in [0.4, 0.5) is 0 Å². The van der Waals surface area contributed by atoms with Crippen molar-refractivity contribution in [3.63, 3.8) is 0 Å². The Hall–Kier alpha value is -0.240. The van der Waals surface area contributed by atoms with E-state index in [0.29, 0.717) is 5.88 Å². The first-order valence-corrected chi connectivity index (χ1v) is 6.30. The Labute approximate surface area is 97.5 Å². The van der Waals surface area contributed by atoms with E-state index in [9.17, 15) is 0 Å². The molecule has 1 aromatic heterocycles. The standard InChI is InChI=1S/C11H10Cl2S/c1-2-7-3-4-10-11(8(7)5-12)9(13)6-14-10/h3-4,6H,2,5H2,1H3. The molecule has 0 amide bonds. The molecule has 0 fully saturated rings. The van der Waals surface area contributed by atoms with Crippen molar-refractivity contribution in [3.8, 4) is 0 Å². The molecule has 2 rings (SSSR count). The van der Waals surface area contributed by atoms with Crippen LogP contribution >= 0.6 is 34.5 Å². The SMILES string of the molecule is CCc1ccc2scc(Cl)c2c1CCl. The number of halogens is 2. The van der Waals surface area contributed by atoms with Crippen LogP contribution in [-0.4, -0.2) is 0 Å². The van der Waals surface area contributed by atoms with Gasteiger partial charge in [-0.2, -0.15) is 0 Å². The Morgan fingerprint density at radius 2 is 2.14 bits per heavy atom. The molecular weight excluding hydrogens is 235 g/mol. The van der Waals surface area contributed by atoms with Crippen LogP contribution in [0.25, 0.3) is 10.1 Å². The number of alkyl halides is 1. The maximum absolute atomic E-state index is 6.14. The molecule has 0 aliphatic rings. The van der Waals surface area contributed by atoms with E-state index in [1.54, 1.807) is 11.3 Å². The molecule has 0 spiro atoms. The summed E-state index contributed by atoms with van der Waals surface area (Å²) >= 11 is 13.8. The second-order valence-corrected chi connectivity index (χ2v) is 4.73. The Balaban J connectivity index is 2.81. The van der Waals surface area contributed by atoms with Gasteiger partial charge in [-0.15, -0.1) is 22.9 Å². The highest BCUT2D eigenvalue weighted by molar-refractivity contribution is 7.17. The molecule has 0 aliphatic heterocycles. The summed E-state index contributed by atoms with van der Waals surface area (Å²) < 4.78 is 1.22. The summed E-state index contributed by atoms with van der Waals surface area (Å²) in [5.41, 5.74) is 2.49. The zero-order chi connectivity index (χ0) is 10.1. The van der Waals surface area contributed by atoms with Crippen LogP contribution < -0.4 is 0 Å². The first-order valence-electron chi connectivity index (χ1n) is 4.51. The number of aryl methyl sites for hydroxylation is 1. The fourth-order valence-corrected chi connectivity index (χ4v) is 3.24. The van der Waals surface area contributed by atoms with Crippen molar-refractivity contribution in [3.05, 3.63) is 33.7 Å². The number of benzene rings is 1. The normalized spacial score (nSPS) is 11.1. The molecule has 1 heterocycles. The fourth-order valence-electron chi connectivity index (χ4n) is 1.69. The van der Waals surface area contributed by atoms with Crippen LogP contribution in [0.2, 0.25) is 5.02 Å². The number of fused-ring (bicyclic) bond motifs is 1. The van der Waals surface area contributed by atoms with Gasteiger partial charge in [-0.05, 0) is 23.6 Å². The summed E-state index contributed by atoms with van der Waals surface area (Å²) in [4.78, 5) is 0. The number of thiophene rings is 1. The smallest absolute Gasteiger partial charge is 0.0594 e. The van der Waals surface area contributed by atoms with Crippen LogP contribution in [0, 0.1) is 0 Å². The maximum Gasteiger partial charge on any atom is 0.0594 e. The van der Waals surface area contributed by atoms with Gasteiger partial charge >= 0.3 is 0 Å². The highest BCUT2D eigenvalue weighted by Crippen LogP contribution is 2.35. The molecule has 0 atom stereocenters. The van der Waals surface area contributed by atoms with E-state index < -0.39 is 0 Å². The Kier molecular flexibility index (Phi) is 3.01. The Morgan fingerprint density at radius 1 is 1.36 bits per heavy atom. The molecular formula is C11H10Cl2S. The average molecular weight is 245 g/mol. The summed E-state index contributed by atoms with van der Waals surface area (Å²) in [6.07, 6.45) is 1.00. The van der Waals surface area contributed by atoms with E-state index >= 15 is 0 Å². The lowest BCUT2D eigenvalue weighted by Gasteiger charge is -2.06. The van der Waals surface area contributed by atoms with E-state index in [4.69, 9.17) is 23.2 Å². The highest BCUT2D eigenvalue weighted by Gasteiger charge is 2.10. The predicted molar refractivity (Wildman–Crippen MR) is 65.8 cm³/mol. The number of hydrogen-bond acceptors (Lipinski definition) is 1. The zero-order valence-electron chi connectivity index (χ0n) is 7.81. The second kappa shape index (κ2) is 4.09. The molecule has 74 valence electrons. The van der Waals surface area contributed by atoms with Gasteiger partial charge in [0.15, 0.2) is 0 Å². The van der Waals surface area contributed by atoms with E-state index in [1.807, 2.05) is 5.38 Å². The van der Waals surface area contributed by atoms with Crippen LogP contribution in [0.5, 0.6) is 0 Å². The summed E-state index contributed by atoms with van der Waals surface area (Å²) in [7, 11) is 0. The lowest BCUT2D eigenvalue weighted by molar-refractivity contribution is 1.11. The van der Waals surface area contributed by atoms with Crippen molar-refractivity contribution in [2.45, 2.75) is 19.2 Å². The third-order valence-corrected chi connectivity index (χ3v) is 4.06. The largest absolute Gasteiger partial charge is 0.142 e. The first kappa shape index (κ1) is 10.3. The molecule has 0 saturated heterocycles. The van der Waals surface area contributed by atoms with Gasteiger partial charge in [0.05, 0.1) is 5.02 Å². The predicted octanol–water partition coefficient (Wildman–Crippen LogP) is 4.86. The van der Waals surface area contributed by atoms with E-state index in [0.717, 1.165) is 16.8 Å². The monoisotopic (exact) mass is 244 g/mol. The van der Waals surface area contributed by atoms with Crippen molar-refractivity contribution >= 4 is 44.6 Å². The lowest BCUT2D eigenvalue weighted by atomic mass is 10.0. The first-order chi connectivity index (χ1) is 6.77. The third kappa shape index (κ3) is 1.54. The lowest BCUT2D eigenvalue weighted by Crippen LogP contribution is -1.89. The second-order valence-electron chi connectivity index (χ2n) is 3.15. The van der Waals surface area contributed by atoms with Crippen molar-refractivity contribution < 1.29 is 0 Å². The topological polar surface area (TPSA) is 0 Å². The van der Waals surface area contributed by atoms with Crippen LogP contribution in [0.3, 0.4) is 0 Å². The van der Waals surface area contributed by atoms with Gasteiger partial charge in [-0.3, -0.25) is 0 Å². The minimum Gasteiger partial charge on any atom is -0.142 e. The van der Waals surface area contributed by atoms with Crippen LogP contribution in [-0.2, 0) is 12.3 Å². The summed E-state index contributed by atoms with van der Waals surface area (Å²) in [6, 6.07) is 4.27. The molecule has 0 N–H and O–H groups in total. The molecule has 1 aromatic carbocycles. The maximum atomic E-state index is 6.14. The van der Waals surface area contributed by atoms with Crippen LogP contribution in [0.1, 0.15) is 18.1 Å². The van der Waals surface area contributed by atoms with Gasteiger partial charge in [-0.1, -0.05) is 24.6 Å². The van der Waals surface area contributed by atoms with E-state index in [1.165, 1.54) is 15.8 Å². The van der Waals surface area contributed by atoms with Gasteiger partial charge < -0.3 is 0 Å². The molecule has 0 nitrogen and oxygen atoms in total. The molecule has 14 heavy (non-hydrogen) atoms. The number of rotatable bonds is 2. The fraction of sp³-hybridized carbons (Fsp3) is 0.273. The molecule has 0 aliphatic carbocycles. The van der Waals surface area contributed by atoms with Gasteiger partial charge in [0.1, 0.15) is 0 Å². The Bertz CT molecular complexity index is 460. The van der Waals surface area contributed by atoms with Gasteiger partial charge in [0, 0.05) is 21.3 Å². The minimum absolute atomic E-state index is 0.539. The van der Waals surface area contributed by atoms with Crippen molar-refractivity contribution in [1.82, 2.24) is 0 Å². The minimum atomic E-state index is 0.539.